The zero-order chi connectivity index (χ0) is 13.0. The van der Waals surface area contributed by atoms with E-state index in [1.54, 1.807) is 6.07 Å². The molecular formula is C11H17N5O2. The molecule has 7 heteroatoms. The summed E-state index contributed by atoms with van der Waals surface area (Å²) in [5, 5.41) is 17.1. The van der Waals surface area contributed by atoms with E-state index in [-0.39, 0.29) is 5.69 Å². The fourth-order valence-electron chi connectivity index (χ4n) is 1.95. The van der Waals surface area contributed by atoms with Gasteiger partial charge in [0, 0.05) is 38.3 Å². The number of pyridine rings is 1. The van der Waals surface area contributed by atoms with Gasteiger partial charge in [-0.3, -0.25) is 10.1 Å². The van der Waals surface area contributed by atoms with Crippen molar-refractivity contribution in [2.75, 3.05) is 38.5 Å². The summed E-state index contributed by atoms with van der Waals surface area (Å²) in [6, 6.07) is 3.46. The molecule has 0 radical (unpaired) electrons. The second-order valence-corrected chi connectivity index (χ2v) is 4.45. The minimum absolute atomic E-state index is 0.0103. The van der Waals surface area contributed by atoms with Crippen molar-refractivity contribution in [2.24, 2.45) is 0 Å². The van der Waals surface area contributed by atoms with Crippen LogP contribution < -0.4 is 10.6 Å². The molecule has 0 aromatic carbocycles. The van der Waals surface area contributed by atoms with Gasteiger partial charge in [-0.25, -0.2) is 4.98 Å². The van der Waals surface area contributed by atoms with Gasteiger partial charge in [0.1, 0.15) is 12.0 Å². The summed E-state index contributed by atoms with van der Waals surface area (Å²) in [7, 11) is 2.10. The van der Waals surface area contributed by atoms with Crippen molar-refractivity contribution in [1.29, 1.82) is 0 Å². The third-order valence-corrected chi connectivity index (χ3v) is 2.95. The van der Waals surface area contributed by atoms with Crippen LogP contribution >= 0.6 is 0 Å². The summed E-state index contributed by atoms with van der Waals surface area (Å²) in [6.45, 7) is 3.79. The Morgan fingerprint density at radius 3 is 3.11 bits per heavy atom. The van der Waals surface area contributed by atoms with E-state index < -0.39 is 4.92 Å². The Morgan fingerprint density at radius 2 is 2.50 bits per heavy atom. The van der Waals surface area contributed by atoms with E-state index in [0.717, 1.165) is 26.2 Å². The average Bonchev–Trinajstić information content (AvgIpc) is 2.37. The minimum atomic E-state index is -0.450. The summed E-state index contributed by atoms with van der Waals surface area (Å²) in [5.41, 5.74) is 0.0103. The Morgan fingerprint density at radius 1 is 1.67 bits per heavy atom. The van der Waals surface area contributed by atoms with E-state index in [1.165, 1.54) is 12.3 Å². The van der Waals surface area contributed by atoms with E-state index in [0.29, 0.717) is 11.9 Å². The van der Waals surface area contributed by atoms with Gasteiger partial charge in [0.15, 0.2) is 0 Å². The van der Waals surface area contributed by atoms with Gasteiger partial charge in [0.25, 0.3) is 5.69 Å². The highest BCUT2D eigenvalue weighted by molar-refractivity contribution is 5.40. The Bertz CT molecular complexity index is 408. The first-order valence-electron chi connectivity index (χ1n) is 5.91. The molecule has 0 amide bonds. The molecule has 0 spiro atoms. The number of nitrogens with zero attached hydrogens (tertiary/aromatic N) is 3. The molecule has 1 unspecified atom stereocenters. The zero-order valence-corrected chi connectivity index (χ0v) is 10.3. The topological polar surface area (TPSA) is 83.3 Å². The summed E-state index contributed by atoms with van der Waals surface area (Å²) < 4.78 is 0. The van der Waals surface area contributed by atoms with E-state index in [2.05, 4.69) is 27.6 Å². The molecule has 1 aliphatic rings. The molecule has 98 valence electrons. The van der Waals surface area contributed by atoms with Crippen molar-refractivity contribution in [3.8, 4) is 0 Å². The van der Waals surface area contributed by atoms with Crippen molar-refractivity contribution in [3.05, 3.63) is 28.4 Å². The third kappa shape index (κ3) is 3.38. The van der Waals surface area contributed by atoms with Gasteiger partial charge >= 0.3 is 0 Å². The van der Waals surface area contributed by atoms with E-state index >= 15 is 0 Å². The van der Waals surface area contributed by atoms with Gasteiger partial charge in [-0.15, -0.1) is 0 Å². The molecule has 0 aliphatic carbocycles. The summed E-state index contributed by atoms with van der Waals surface area (Å²) >= 11 is 0. The smallest absolute Gasteiger partial charge is 0.287 e. The maximum absolute atomic E-state index is 10.5. The fraction of sp³-hybridized carbons (Fsp3) is 0.545. The molecule has 2 rings (SSSR count). The van der Waals surface area contributed by atoms with Crippen LogP contribution in [0.4, 0.5) is 11.5 Å². The van der Waals surface area contributed by atoms with Crippen LogP contribution in [0.25, 0.3) is 0 Å². The largest absolute Gasteiger partial charge is 0.368 e. The highest BCUT2D eigenvalue weighted by Gasteiger charge is 2.16. The number of anilines is 1. The van der Waals surface area contributed by atoms with Crippen LogP contribution in [0.2, 0.25) is 0 Å². The lowest BCUT2D eigenvalue weighted by Gasteiger charge is -2.31. The zero-order valence-electron chi connectivity index (χ0n) is 10.3. The number of aromatic nitrogens is 1. The van der Waals surface area contributed by atoms with Gasteiger partial charge in [0.05, 0.1) is 4.92 Å². The first-order chi connectivity index (χ1) is 8.65. The monoisotopic (exact) mass is 251 g/mol. The van der Waals surface area contributed by atoms with Gasteiger partial charge < -0.3 is 15.5 Å². The maximum Gasteiger partial charge on any atom is 0.287 e. The summed E-state index contributed by atoms with van der Waals surface area (Å²) in [4.78, 5) is 16.3. The quantitative estimate of drug-likeness (QED) is 0.591. The van der Waals surface area contributed by atoms with Crippen molar-refractivity contribution in [2.45, 2.75) is 6.04 Å². The van der Waals surface area contributed by atoms with Crippen LogP contribution in [0.15, 0.2) is 18.3 Å². The molecule has 7 nitrogen and oxygen atoms in total. The first kappa shape index (κ1) is 12.7. The predicted molar refractivity (Wildman–Crippen MR) is 68.7 cm³/mol. The number of likely N-dealkylation sites (N-methyl/N-ethyl adjacent to an activating group) is 1. The summed E-state index contributed by atoms with van der Waals surface area (Å²) in [6.07, 6.45) is 1.27. The van der Waals surface area contributed by atoms with Crippen molar-refractivity contribution >= 4 is 11.5 Å². The fourth-order valence-corrected chi connectivity index (χ4v) is 1.95. The number of piperazine rings is 1. The van der Waals surface area contributed by atoms with Crippen molar-refractivity contribution < 1.29 is 4.92 Å². The van der Waals surface area contributed by atoms with Gasteiger partial charge in [-0.1, -0.05) is 0 Å². The molecular weight excluding hydrogens is 234 g/mol. The average molecular weight is 251 g/mol. The highest BCUT2D eigenvalue weighted by Crippen LogP contribution is 2.11. The van der Waals surface area contributed by atoms with Crippen LogP contribution in [-0.2, 0) is 0 Å². The molecule has 2 heterocycles. The summed E-state index contributed by atoms with van der Waals surface area (Å²) in [5.74, 6) is 0.663. The molecule has 1 aliphatic heterocycles. The van der Waals surface area contributed by atoms with Gasteiger partial charge in [0.2, 0.25) is 0 Å². The molecule has 1 aromatic rings. The Balaban J connectivity index is 1.84. The van der Waals surface area contributed by atoms with Crippen LogP contribution in [0, 0.1) is 10.1 Å². The molecule has 2 N–H and O–H groups in total. The predicted octanol–water partition coefficient (Wildman–Crippen LogP) is 0.305. The van der Waals surface area contributed by atoms with E-state index in [1.807, 2.05) is 0 Å². The Kier molecular flexibility index (Phi) is 4.06. The second-order valence-electron chi connectivity index (χ2n) is 4.45. The van der Waals surface area contributed by atoms with E-state index in [9.17, 15) is 10.1 Å². The molecule has 1 atom stereocenters. The SMILES string of the molecule is CN1CCNC(CNc2ccc([N+](=O)[O-])cn2)C1. The highest BCUT2D eigenvalue weighted by atomic mass is 16.6. The minimum Gasteiger partial charge on any atom is -0.368 e. The number of hydrogen-bond donors (Lipinski definition) is 2. The lowest BCUT2D eigenvalue weighted by atomic mass is 10.2. The normalized spacial score (nSPS) is 20.6. The maximum atomic E-state index is 10.5. The molecule has 0 saturated carbocycles. The number of nitro groups is 1. The Hall–Kier alpha value is -1.73. The molecule has 18 heavy (non-hydrogen) atoms. The lowest BCUT2D eigenvalue weighted by Crippen LogP contribution is -2.51. The second kappa shape index (κ2) is 5.74. The van der Waals surface area contributed by atoms with E-state index in [4.69, 9.17) is 0 Å². The lowest BCUT2D eigenvalue weighted by molar-refractivity contribution is -0.385. The standard InChI is InChI=1S/C11H17N5O2/c1-15-5-4-12-9(8-15)6-13-11-3-2-10(7-14-11)16(17)18/h2-3,7,9,12H,4-6,8H2,1H3,(H,13,14). The van der Waals surface area contributed by atoms with Gasteiger partial charge in [-0.2, -0.15) is 0 Å². The molecule has 1 aromatic heterocycles. The molecule has 0 bridgehead atoms. The molecule has 1 saturated heterocycles. The van der Waals surface area contributed by atoms with Crippen LogP contribution in [-0.4, -0.2) is 54.1 Å². The number of hydrogen-bond acceptors (Lipinski definition) is 6. The molecule has 1 fully saturated rings. The van der Waals surface area contributed by atoms with Crippen molar-refractivity contribution in [1.82, 2.24) is 15.2 Å². The first-order valence-corrected chi connectivity index (χ1v) is 5.91. The number of rotatable bonds is 4. The Labute approximate surface area is 105 Å². The van der Waals surface area contributed by atoms with Crippen LogP contribution in [0.3, 0.4) is 0 Å². The van der Waals surface area contributed by atoms with Gasteiger partial charge in [-0.05, 0) is 13.1 Å². The third-order valence-electron chi connectivity index (χ3n) is 2.95. The van der Waals surface area contributed by atoms with Crippen LogP contribution in [0.5, 0.6) is 0 Å². The van der Waals surface area contributed by atoms with Crippen LogP contribution in [0.1, 0.15) is 0 Å². The number of nitrogens with one attached hydrogen (secondary N) is 2. The van der Waals surface area contributed by atoms with Crippen molar-refractivity contribution in [3.63, 3.8) is 0 Å².